The minimum Gasteiger partial charge on any atom is -0.490 e. The van der Waals surface area contributed by atoms with Crippen molar-refractivity contribution in [2.75, 3.05) is 0 Å². The topological polar surface area (TPSA) is 72.6 Å². The van der Waals surface area contributed by atoms with E-state index in [2.05, 4.69) is 4.98 Å². The molecule has 1 saturated carbocycles. The molecule has 128 valence electrons. The van der Waals surface area contributed by atoms with Gasteiger partial charge < -0.3 is 14.3 Å². The minimum atomic E-state index is -0.698. The van der Waals surface area contributed by atoms with E-state index in [9.17, 15) is 4.79 Å². The van der Waals surface area contributed by atoms with Gasteiger partial charge in [-0.25, -0.2) is 4.98 Å². The van der Waals surface area contributed by atoms with Crippen LogP contribution in [0.1, 0.15) is 25.7 Å². The van der Waals surface area contributed by atoms with E-state index < -0.39 is 5.97 Å². The summed E-state index contributed by atoms with van der Waals surface area (Å²) in [6.07, 6.45) is 2.94. The molecule has 0 unspecified atom stereocenters. The fourth-order valence-electron chi connectivity index (χ4n) is 3.30. The van der Waals surface area contributed by atoms with E-state index in [4.69, 9.17) is 14.3 Å². The number of carboxylic acid groups (broad SMARTS) is 1. The molecule has 1 aliphatic carbocycles. The maximum atomic E-state index is 11.0. The highest BCUT2D eigenvalue weighted by atomic mass is 16.5. The Morgan fingerprint density at radius 1 is 1.08 bits per heavy atom. The number of carbonyl (C=O) groups is 1. The number of rotatable bonds is 4. The zero-order valence-corrected chi connectivity index (χ0v) is 13.7. The molecule has 4 rings (SSSR count). The number of hydrogen-bond donors (Lipinski definition) is 1. The van der Waals surface area contributed by atoms with Gasteiger partial charge in [-0.3, -0.25) is 4.79 Å². The summed E-state index contributed by atoms with van der Waals surface area (Å²) in [5, 5.41) is 9.07. The van der Waals surface area contributed by atoms with Crippen molar-refractivity contribution >= 4 is 17.1 Å². The lowest BCUT2D eigenvalue weighted by atomic mass is 9.87. The fraction of sp³-hybridized carbons (Fsp3) is 0.300. The van der Waals surface area contributed by atoms with Gasteiger partial charge in [0.15, 0.2) is 5.58 Å². The number of carboxylic acids is 1. The molecule has 0 bridgehead atoms. The van der Waals surface area contributed by atoms with Gasteiger partial charge in [-0.1, -0.05) is 18.2 Å². The second-order valence-corrected chi connectivity index (χ2v) is 6.44. The van der Waals surface area contributed by atoms with Crippen molar-refractivity contribution in [3.05, 3.63) is 48.5 Å². The molecule has 5 nitrogen and oxygen atoms in total. The minimum absolute atomic E-state index is 0.0635. The zero-order valence-electron chi connectivity index (χ0n) is 13.7. The highest BCUT2D eigenvalue weighted by Crippen LogP contribution is 2.30. The van der Waals surface area contributed by atoms with Crippen molar-refractivity contribution in [3.63, 3.8) is 0 Å². The lowest BCUT2D eigenvalue weighted by molar-refractivity contribution is -0.143. The first-order valence-corrected chi connectivity index (χ1v) is 8.54. The number of aromatic nitrogens is 1. The number of hydrogen-bond acceptors (Lipinski definition) is 4. The third-order valence-corrected chi connectivity index (χ3v) is 4.71. The van der Waals surface area contributed by atoms with E-state index in [1.165, 1.54) is 0 Å². The molecule has 0 amide bonds. The smallest absolute Gasteiger partial charge is 0.306 e. The van der Waals surface area contributed by atoms with Crippen LogP contribution in [0.4, 0.5) is 0 Å². The fourth-order valence-corrected chi connectivity index (χ4v) is 3.30. The Morgan fingerprint density at radius 2 is 1.84 bits per heavy atom. The largest absolute Gasteiger partial charge is 0.490 e. The summed E-state index contributed by atoms with van der Waals surface area (Å²) in [5.41, 5.74) is 2.42. The molecule has 1 fully saturated rings. The first-order valence-electron chi connectivity index (χ1n) is 8.54. The maximum Gasteiger partial charge on any atom is 0.306 e. The Bertz CT molecular complexity index is 879. The first kappa shape index (κ1) is 15.7. The molecule has 0 aliphatic heterocycles. The number of aliphatic carboxylic acids is 1. The van der Waals surface area contributed by atoms with Crippen LogP contribution in [0.15, 0.2) is 52.9 Å². The highest BCUT2D eigenvalue weighted by molar-refractivity contribution is 5.77. The van der Waals surface area contributed by atoms with Crippen LogP contribution in [0.5, 0.6) is 5.75 Å². The first-order chi connectivity index (χ1) is 12.2. The number of ether oxygens (including phenoxy) is 1. The summed E-state index contributed by atoms with van der Waals surface area (Å²) < 4.78 is 11.8. The Hall–Kier alpha value is -2.82. The summed E-state index contributed by atoms with van der Waals surface area (Å²) in [7, 11) is 0. The molecular weight excluding hydrogens is 318 g/mol. The van der Waals surface area contributed by atoms with E-state index in [0.29, 0.717) is 18.7 Å². The van der Waals surface area contributed by atoms with Gasteiger partial charge in [0.05, 0.1) is 12.0 Å². The van der Waals surface area contributed by atoms with Crippen LogP contribution >= 0.6 is 0 Å². The van der Waals surface area contributed by atoms with Crippen LogP contribution in [0.2, 0.25) is 0 Å². The SMILES string of the molecule is O=C(O)[C@H]1CC[C@@H](Oc2ccc3oc(-c4ccccc4)nc3c2)CC1. The predicted octanol–water partition coefficient (Wildman–Crippen LogP) is 4.52. The number of benzene rings is 2. The van der Waals surface area contributed by atoms with Crippen molar-refractivity contribution in [1.82, 2.24) is 4.98 Å². The molecule has 25 heavy (non-hydrogen) atoms. The van der Waals surface area contributed by atoms with Gasteiger partial charge in [0.25, 0.3) is 0 Å². The Kier molecular flexibility index (Phi) is 4.14. The van der Waals surface area contributed by atoms with Crippen molar-refractivity contribution in [2.45, 2.75) is 31.8 Å². The van der Waals surface area contributed by atoms with E-state index >= 15 is 0 Å². The molecule has 1 N–H and O–H groups in total. The second kappa shape index (κ2) is 6.59. The third-order valence-electron chi connectivity index (χ3n) is 4.71. The molecule has 0 spiro atoms. The molecule has 0 saturated heterocycles. The summed E-state index contributed by atoms with van der Waals surface area (Å²) in [4.78, 5) is 15.6. The molecule has 1 aromatic heterocycles. The van der Waals surface area contributed by atoms with Gasteiger partial charge >= 0.3 is 5.97 Å². The van der Waals surface area contributed by atoms with Crippen LogP contribution < -0.4 is 4.74 Å². The zero-order chi connectivity index (χ0) is 17.2. The van der Waals surface area contributed by atoms with Crippen molar-refractivity contribution in [1.29, 1.82) is 0 Å². The van der Waals surface area contributed by atoms with Gasteiger partial charge in [0.2, 0.25) is 5.89 Å². The van der Waals surface area contributed by atoms with E-state index in [0.717, 1.165) is 35.3 Å². The maximum absolute atomic E-state index is 11.0. The lowest BCUT2D eigenvalue weighted by Gasteiger charge is -2.26. The quantitative estimate of drug-likeness (QED) is 0.758. The van der Waals surface area contributed by atoms with Gasteiger partial charge in [0.1, 0.15) is 11.3 Å². The second-order valence-electron chi connectivity index (χ2n) is 6.44. The van der Waals surface area contributed by atoms with Crippen LogP contribution in [0, 0.1) is 5.92 Å². The van der Waals surface area contributed by atoms with Crippen molar-refractivity contribution < 1.29 is 19.1 Å². The van der Waals surface area contributed by atoms with Gasteiger partial charge in [-0.2, -0.15) is 0 Å². The molecule has 0 atom stereocenters. The third kappa shape index (κ3) is 3.36. The van der Waals surface area contributed by atoms with Crippen LogP contribution in [0.3, 0.4) is 0 Å². The van der Waals surface area contributed by atoms with Gasteiger partial charge in [-0.05, 0) is 49.9 Å². The van der Waals surface area contributed by atoms with E-state index in [1.54, 1.807) is 0 Å². The highest BCUT2D eigenvalue weighted by Gasteiger charge is 2.27. The average Bonchev–Trinajstić information content (AvgIpc) is 3.06. The van der Waals surface area contributed by atoms with Gasteiger partial charge in [0, 0.05) is 11.6 Å². The van der Waals surface area contributed by atoms with Crippen molar-refractivity contribution in [3.8, 4) is 17.2 Å². The predicted molar refractivity (Wildman–Crippen MR) is 93.5 cm³/mol. The summed E-state index contributed by atoms with van der Waals surface area (Å²) in [5.74, 6) is 0.413. The molecule has 2 aromatic carbocycles. The van der Waals surface area contributed by atoms with Crippen LogP contribution in [0.25, 0.3) is 22.6 Å². The Morgan fingerprint density at radius 3 is 2.56 bits per heavy atom. The molecule has 1 heterocycles. The van der Waals surface area contributed by atoms with Crippen molar-refractivity contribution in [2.24, 2.45) is 5.92 Å². The van der Waals surface area contributed by atoms with E-state index in [-0.39, 0.29) is 12.0 Å². The number of nitrogens with zero attached hydrogens (tertiary/aromatic N) is 1. The molecular formula is C20H19NO4. The summed E-state index contributed by atoms with van der Waals surface area (Å²) >= 11 is 0. The lowest BCUT2D eigenvalue weighted by Crippen LogP contribution is -2.27. The molecule has 5 heteroatoms. The monoisotopic (exact) mass is 337 g/mol. The average molecular weight is 337 g/mol. The Labute approximate surface area is 145 Å². The van der Waals surface area contributed by atoms with Crippen LogP contribution in [-0.4, -0.2) is 22.2 Å². The normalized spacial score (nSPS) is 20.5. The number of fused-ring (bicyclic) bond motifs is 1. The molecule has 0 radical (unpaired) electrons. The van der Waals surface area contributed by atoms with Gasteiger partial charge in [-0.15, -0.1) is 0 Å². The summed E-state index contributed by atoms with van der Waals surface area (Å²) in [6, 6.07) is 15.4. The summed E-state index contributed by atoms with van der Waals surface area (Å²) in [6.45, 7) is 0. The molecule has 3 aromatic rings. The standard InChI is InChI=1S/C20H19NO4/c22-20(23)14-6-8-15(9-7-14)24-16-10-11-18-17(12-16)21-19(25-18)13-4-2-1-3-5-13/h1-5,10-12,14-15H,6-9H2,(H,22,23)/t14-,15+. The Balaban J connectivity index is 1.49. The van der Waals surface area contributed by atoms with E-state index in [1.807, 2.05) is 48.5 Å². The molecule has 1 aliphatic rings. The van der Waals surface area contributed by atoms with Crippen LogP contribution in [-0.2, 0) is 4.79 Å². The number of oxazole rings is 1.